The van der Waals surface area contributed by atoms with Gasteiger partial charge in [0.2, 0.25) is 5.91 Å². The van der Waals surface area contributed by atoms with Crippen LogP contribution in [0.1, 0.15) is 5.56 Å². The summed E-state index contributed by atoms with van der Waals surface area (Å²) in [5.74, 6) is 0.196. The van der Waals surface area contributed by atoms with E-state index in [0.29, 0.717) is 23.2 Å². The van der Waals surface area contributed by atoms with Gasteiger partial charge in [-0.3, -0.25) is 9.36 Å². The van der Waals surface area contributed by atoms with Crippen LogP contribution in [0.15, 0.2) is 88.5 Å². The Morgan fingerprint density at radius 2 is 1.77 bits per heavy atom. The molecule has 1 N–H and O–H groups in total. The molecular weight excluding hydrogens is 479 g/mol. The molecule has 1 aromatic heterocycles. The van der Waals surface area contributed by atoms with Gasteiger partial charge in [0.15, 0.2) is 11.0 Å². The maximum atomic E-state index is 13.3. The highest BCUT2D eigenvalue weighted by Gasteiger charge is 2.18. The highest BCUT2D eigenvalue weighted by Crippen LogP contribution is 2.30. The molecule has 0 unspecified atom stereocenters. The molecule has 0 aliphatic rings. The molecule has 0 bridgehead atoms. The van der Waals surface area contributed by atoms with Gasteiger partial charge in [-0.25, -0.2) is 4.39 Å². The van der Waals surface area contributed by atoms with E-state index in [1.54, 1.807) is 12.1 Å². The minimum atomic E-state index is -0.397. The van der Waals surface area contributed by atoms with E-state index in [4.69, 9.17) is 0 Å². The topological polar surface area (TPSA) is 59.8 Å². The van der Waals surface area contributed by atoms with E-state index in [1.807, 2.05) is 59.2 Å². The number of carbonyl (C=O) groups excluding carboxylic acids is 1. The fraction of sp³-hybridized carbons (Fsp3) is 0.0870. The first-order valence-corrected chi connectivity index (χ1v) is 11.3. The molecule has 0 atom stereocenters. The molecular formula is C23H18BrFN4OS. The smallest absolute Gasteiger partial charge is 0.234 e. The summed E-state index contributed by atoms with van der Waals surface area (Å²) in [6.07, 6.45) is 0. The molecule has 0 aliphatic heterocycles. The fourth-order valence-corrected chi connectivity index (χ4v) is 4.24. The number of nitrogens with one attached hydrogen (secondary N) is 1. The third-order valence-electron chi connectivity index (χ3n) is 4.46. The first-order valence-electron chi connectivity index (χ1n) is 9.50. The summed E-state index contributed by atoms with van der Waals surface area (Å²) in [5.41, 5.74) is 2.44. The van der Waals surface area contributed by atoms with Crippen molar-refractivity contribution in [3.63, 3.8) is 0 Å². The Labute approximate surface area is 191 Å². The summed E-state index contributed by atoms with van der Waals surface area (Å²) < 4.78 is 16.3. The lowest BCUT2D eigenvalue weighted by atomic mass is 10.2. The van der Waals surface area contributed by atoms with Gasteiger partial charge in [0, 0.05) is 15.7 Å². The zero-order valence-corrected chi connectivity index (χ0v) is 18.7. The Kier molecular flexibility index (Phi) is 6.79. The van der Waals surface area contributed by atoms with Gasteiger partial charge < -0.3 is 5.32 Å². The standard InChI is InChI=1S/C23H18BrFN4OS/c24-20-12-5-4-11-19(20)22-27-28-23(29(22)14-16-7-2-1-3-8-16)31-15-21(30)26-18-10-6-9-17(25)13-18/h1-13H,14-15H2,(H,26,30). The van der Waals surface area contributed by atoms with Gasteiger partial charge in [-0.05, 0) is 29.8 Å². The Bertz CT molecular complexity index is 1200. The largest absolute Gasteiger partial charge is 0.325 e. The van der Waals surface area contributed by atoms with Crippen molar-refractivity contribution in [2.24, 2.45) is 0 Å². The minimum Gasteiger partial charge on any atom is -0.325 e. The number of aromatic nitrogens is 3. The highest BCUT2D eigenvalue weighted by molar-refractivity contribution is 9.10. The summed E-state index contributed by atoms with van der Waals surface area (Å²) in [5, 5.41) is 12.1. The molecule has 0 saturated heterocycles. The average Bonchev–Trinajstić information content (AvgIpc) is 3.15. The molecule has 5 nitrogen and oxygen atoms in total. The molecule has 3 aromatic carbocycles. The van der Waals surface area contributed by atoms with Gasteiger partial charge in [-0.1, -0.05) is 82.3 Å². The minimum absolute atomic E-state index is 0.124. The third-order valence-corrected chi connectivity index (χ3v) is 6.11. The molecule has 0 spiro atoms. The van der Waals surface area contributed by atoms with Crippen molar-refractivity contribution in [1.82, 2.24) is 14.8 Å². The quantitative estimate of drug-likeness (QED) is 0.337. The van der Waals surface area contributed by atoms with E-state index in [9.17, 15) is 9.18 Å². The molecule has 0 aliphatic carbocycles. The molecule has 1 heterocycles. The number of amides is 1. The Morgan fingerprint density at radius 3 is 2.55 bits per heavy atom. The number of rotatable bonds is 7. The first-order chi connectivity index (χ1) is 15.1. The molecule has 0 radical (unpaired) electrons. The van der Waals surface area contributed by atoms with Crippen molar-refractivity contribution >= 4 is 39.3 Å². The van der Waals surface area contributed by atoms with E-state index in [1.165, 1.54) is 23.9 Å². The lowest BCUT2D eigenvalue weighted by Gasteiger charge is -2.11. The molecule has 0 saturated carbocycles. The number of anilines is 1. The fourth-order valence-electron chi connectivity index (χ4n) is 3.04. The molecule has 31 heavy (non-hydrogen) atoms. The number of hydrogen-bond donors (Lipinski definition) is 1. The van der Waals surface area contributed by atoms with Gasteiger partial charge in [-0.15, -0.1) is 10.2 Å². The maximum Gasteiger partial charge on any atom is 0.234 e. The van der Waals surface area contributed by atoms with Crippen molar-refractivity contribution in [1.29, 1.82) is 0 Å². The van der Waals surface area contributed by atoms with Gasteiger partial charge in [0.25, 0.3) is 0 Å². The van der Waals surface area contributed by atoms with Crippen LogP contribution in [0, 0.1) is 5.82 Å². The van der Waals surface area contributed by atoms with Crippen LogP contribution in [0.5, 0.6) is 0 Å². The van der Waals surface area contributed by atoms with Crippen LogP contribution in [-0.4, -0.2) is 26.4 Å². The first kappa shape index (κ1) is 21.3. The van der Waals surface area contributed by atoms with E-state index in [2.05, 4.69) is 31.4 Å². The van der Waals surface area contributed by atoms with Crippen molar-refractivity contribution in [3.8, 4) is 11.4 Å². The molecule has 4 rings (SSSR count). The normalized spacial score (nSPS) is 10.8. The maximum absolute atomic E-state index is 13.3. The summed E-state index contributed by atoms with van der Waals surface area (Å²) in [6.45, 7) is 0.568. The van der Waals surface area contributed by atoms with Crippen molar-refractivity contribution in [2.75, 3.05) is 11.1 Å². The predicted molar refractivity (Wildman–Crippen MR) is 124 cm³/mol. The SMILES string of the molecule is O=C(CSc1nnc(-c2ccccc2Br)n1Cc1ccccc1)Nc1cccc(F)c1. The van der Waals surface area contributed by atoms with Crippen LogP contribution >= 0.6 is 27.7 Å². The number of nitrogens with zero attached hydrogens (tertiary/aromatic N) is 3. The van der Waals surface area contributed by atoms with Gasteiger partial charge >= 0.3 is 0 Å². The number of hydrogen-bond acceptors (Lipinski definition) is 4. The Morgan fingerprint density at radius 1 is 1.00 bits per heavy atom. The van der Waals surface area contributed by atoms with Crippen molar-refractivity contribution in [2.45, 2.75) is 11.7 Å². The summed E-state index contributed by atoms with van der Waals surface area (Å²) >= 11 is 4.87. The van der Waals surface area contributed by atoms with Gasteiger partial charge in [-0.2, -0.15) is 0 Å². The van der Waals surface area contributed by atoms with Crippen LogP contribution < -0.4 is 5.32 Å². The lowest BCUT2D eigenvalue weighted by molar-refractivity contribution is -0.113. The van der Waals surface area contributed by atoms with Crippen LogP contribution in [0.2, 0.25) is 0 Å². The predicted octanol–water partition coefficient (Wildman–Crippen LogP) is 5.63. The van der Waals surface area contributed by atoms with E-state index < -0.39 is 5.82 Å². The summed E-state index contributed by atoms with van der Waals surface area (Å²) in [6, 6.07) is 23.6. The van der Waals surface area contributed by atoms with Crippen LogP contribution in [-0.2, 0) is 11.3 Å². The molecule has 156 valence electrons. The number of carbonyl (C=O) groups is 1. The molecule has 1 amide bonds. The van der Waals surface area contributed by atoms with E-state index in [-0.39, 0.29) is 11.7 Å². The highest BCUT2D eigenvalue weighted by atomic mass is 79.9. The molecule has 0 fully saturated rings. The summed E-state index contributed by atoms with van der Waals surface area (Å²) in [7, 11) is 0. The zero-order chi connectivity index (χ0) is 21.6. The lowest BCUT2D eigenvalue weighted by Crippen LogP contribution is -2.15. The Balaban J connectivity index is 1.57. The van der Waals surface area contributed by atoms with E-state index in [0.717, 1.165) is 15.6 Å². The van der Waals surface area contributed by atoms with Crippen LogP contribution in [0.25, 0.3) is 11.4 Å². The van der Waals surface area contributed by atoms with E-state index >= 15 is 0 Å². The third kappa shape index (κ3) is 5.39. The van der Waals surface area contributed by atoms with Gasteiger partial charge in [0.1, 0.15) is 5.82 Å². The number of thioether (sulfide) groups is 1. The van der Waals surface area contributed by atoms with Crippen LogP contribution in [0.3, 0.4) is 0 Å². The molecule has 4 aromatic rings. The second-order valence-electron chi connectivity index (χ2n) is 6.70. The van der Waals surface area contributed by atoms with Crippen molar-refractivity contribution < 1.29 is 9.18 Å². The van der Waals surface area contributed by atoms with Crippen LogP contribution in [0.4, 0.5) is 10.1 Å². The average molecular weight is 497 g/mol. The molecule has 8 heteroatoms. The monoisotopic (exact) mass is 496 g/mol. The second-order valence-corrected chi connectivity index (χ2v) is 8.50. The van der Waals surface area contributed by atoms with Gasteiger partial charge in [0.05, 0.1) is 12.3 Å². The number of halogens is 2. The second kappa shape index (κ2) is 9.89. The Hall–Kier alpha value is -2.97. The number of benzene rings is 3. The van der Waals surface area contributed by atoms with Crippen molar-refractivity contribution in [3.05, 3.63) is 94.7 Å². The summed E-state index contributed by atoms with van der Waals surface area (Å²) in [4.78, 5) is 12.4. The zero-order valence-electron chi connectivity index (χ0n) is 16.3.